The van der Waals surface area contributed by atoms with Crippen molar-refractivity contribution >= 4 is 40.3 Å². The van der Waals surface area contributed by atoms with Crippen molar-refractivity contribution in [3.05, 3.63) is 100 Å². The SMILES string of the molecule is O=C1NC(=S)S/C1=C\c1ccc(CC[C@H]2CC[C@H](OCc3ccccc3-c3ccccc3)C2)cc1. The molecule has 3 aromatic rings. The van der Waals surface area contributed by atoms with Gasteiger partial charge in [0.2, 0.25) is 0 Å². The molecule has 0 spiro atoms. The van der Waals surface area contributed by atoms with E-state index in [0.29, 0.717) is 27.9 Å². The van der Waals surface area contributed by atoms with E-state index in [1.165, 1.54) is 46.9 Å². The summed E-state index contributed by atoms with van der Waals surface area (Å²) in [5, 5.41) is 2.66. The van der Waals surface area contributed by atoms with Crippen LogP contribution in [-0.2, 0) is 22.6 Å². The minimum absolute atomic E-state index is 0.106. The quantitative estimate of drug-likeness (QED) is 0.264. The number of carbonyl (C=O) groups is 1. The van der Waals surface area contributed by atoms with Crippen LogP contribution in [0.15, 0.2) is 83.8 Å². The predicted octanol–water partition coefficient (Wildman–Crippen LogP) is 7.16. The molecule has 1 aliphatic heterocycles. The lowest BCUT2D eigenvalue weighted by molar-refractivity contribution is -0.115. The zero-order valence-corrected chi connectivity index (χ0v) is 21.2. The molecule has 3 aromatic carbocycles. The summed E-state index contributed by atoms with van der Waals surface area (Å²) in [6.07, 6.45) is 8.03. The smallest absolute Gasteiger partial charge is 0.263 e. The molecule has 0 unspecified atom stereocenters. The maximum atomic E-state index is 11.8. The lowest BCUT2D eigenvalue weighted by Gasteiger charge is -2.15. The van der Waals surface area contributed by atoms with Gasteiger partial charge in [-0.25, -0.2) is 0 Å². The van der Waals surface area contributed by atoms with E-state index < -0.39 is 0 Å². The summed E-state index contributed by atoms with van der Waals surface area (Å²) in [5.74, 6) is 0.608. The second kappa shape index (κ2) is 11.3. The molecule has 0 radical (unpaired) electrons. The average Bonchev–Trinajstić information content (AvgIpc) is 3.48. The van der Waals surface area contributed by atoms with Crippen LogP contribution in [0.25, 0.3) is 17.2 Å². The van der Waals surface area contributed by atoms with Crippen LogP contribution in [-0.4, -0.2) is 16.3 Å². The number of thioether (sulfide) groups is 1. The van der Waals surface area contributed by atoms with Crippen LogP contribution in [0.1, 0.15) is 42.4 Å². The van der Waals surface area contributed by atoms with Crippen molar-refractivity contribution in [2.75, 3.05) is 0 Å². The molecule has 1 aliphatic carbocycles. The third-order valence-electron chi connectivity index (χ3n) is 6.83. The van der Waals surface area contributed by atoms with E-state index in [9.17, 15) is 4.79 Å². The Kier molecular flexibility index (Phi) is 7.77. The number of amides is 1. The first kappa shape index (κ1) is 24.0. The zero-order valence-electron chi connectivity index (χ0n) is 19.6. The number of hydrogen-bond acceptors (Lipinski definition) is 4. The van der Waals surface area contributed by atoms with Gasteiger partial charge in [-0.3, -0.25) is 4.79 Å². The number of aryl methyl sites for hydroxylation is 1. The van der Waals surface area contributed by atoms with Gasteiger partial charge in [-0.15, -0.1) is 0 Å². The average molecular weight is 500 g/mol. The maximum Gasteiger partial charge on any atom is 0.263 e. The van der Waals surface area contributed by atoms with Gasteiger partial charge in [-0.1, -0.05) is 103 Å². The van der Waals surface area contributed by atoms with Gasteiger partial charge in [-0.2, -0.15) is 0 Å². The van der Waals surface area contributed by atoms with Crippen LogP contribution in [0, 0.1) is 5.92 Å². The summed E-state index contributed by atoms with van der Waals surface area (Å²) in [5.41, 5.74) is 6.13. The van der Waals surface area contributed by atoms with Gasteiger partial charge >= 0.3 is 0 Å². The maximum absolute atomic E-state index is 11.8. The highest BCUT2D eigenvalue weighted by atomic mass is 32.2. The number of ether oxygens (including phenoxy) is 1. The van der Waals surface area contributed by atoms with Gasteiger partial charge in [0.1, 0.15) is 4.32 Å². The molecule has 178 valence electrons. The Morgan fingerprint density at radius 3 is 2.51 bits per heavy atom. The fourth-order valence-corrected chi connectivity index (χ4v) is 5.96. The fraction of sp³-hybridized carbons (Fsp3) is 0.267. The number of nitrogens with one attached hydrogen (secondary N) is 1. The first-order chi connectivity index (χ1) is 17.1. The summed E-state index contributed by atoms with van der Waals surface area (Å²) in [6, 6.07) is 27.6. The third kappa shape index (κ3) is 6.29. The lowest BCUT2D eigenvalue weighted by Crippen LogP contribution is -2.17. The van der Waals surface area contributed by atoms with Crippen LogP contribution in [0.4, 0.5) is 0 Å². The molecule has 5 heteroatoms. The first-order valence-corrected chi connectivity index (χ1v) is 13.5. The molecule has 1 saturated heterocycles. The molecule has 1 N–H and O–H groups in total. The van der Waals surface area contributed by atoms with Crippen LogP contribution >= 0.6 is 24.0 Å². The number of rotatable bonds is 8. The lowest BCUT2D eigenvalue weighted by atomic mass is 9.97. The second-order valence-electron chi connectivity index (χ2n) is 9.27. The van der Waals surface area contributed by atoms with Crippen molar-refractivity contribution in [1.82, 2.24) is 5.32 Å². The standard InChI is InChI=1S/C30H29NO2S2/c32-29-28(35-30(34)31-29)19-23-14-11-21(12-15-23)10-13-22-16-17-26(18-22)33-20-25-8-4-5-9-27(25)24-6-2-1-3-7-24/h1-9,11-12,14-15,19,22,26H,10,13,16-18,20H2,(H,31,32,34)/b28-19-/t22-,26-/m0/s1. The molecule has 1 heterocycles. The third-order valence-corrected chi connectivity index (χ3v) is 7.99. The van der Waals surface area contributed by atoms with Crippen LogP contribution in [0.5, 0.6) is 0 Å². The monoisotopic (exact) mass is 499 g/mol. The summed E-state index contributed by atoms with van der Waals surface area (Å²) in [6.45, 7) is 0.667. The molecular formula is C30H29NO2S2. The summed E-state index contributed by atoms with van der Waals surface area (Å²) in [4.78, 5) is 12.5. The van der Waals surface area contributed by atoms with Crippen molar-refractivity contribution in [1.29, 1.82) is 0 Å². The molecule has 0 bridgehead atoms. The minimum atomic E-state index is -0.106. The molecule has 35 heavy (non-hydrogen) atoms. The van der Waals surface area contributed by atoms with Gasteiger partial charge < -0.3 is 10.1 Å². The molecule has 5 rings (SSSR count). The van der Waals surface area contributed by atoms with Crippen molar-refractivity contribution in [3.8, 4) is 11.1 Å². The summed E-state index contributed by atoms with van der Waals surface area (Å²) in [7, 11) is 0. The van der Waals surface area contributed by atoms with E-state index in [-0.39, 0.29) is 5.91 Å². The van der Waals surface area contributed by atoms with Crippen LogP contribution in [0.2, 0.25) is 0 Å². The number of thiocarbonyl (C=S) groups is 1. The van der Waals surface area contributed by atoms with Gasteiger partial charge in [-0.05, 0) is 71.9 Å². The minimum Gasteiger partial charge on any atom is -0.374 e. The molecule has 0 aromatic heterocycles. The normalized spacial score (nSPS) is 21.0. The molecule has 1 amide bonds. The molecule has 1 saturated carbocycles. The Morgan fingerprint density at radius 1 is 0.971 bits per heavy atom. The highest BCUT2D eigenvalue weighted by molar-refractivity contribution is 8.26. The molecule has 2 fully saturated rings. The number of carbonyl (C=O) groups excluding carboxylic acids is 1. The van der Waals surface area contributed by atoms with Gasteiger partial charge in [0, 0.05) is 0 Å². The fourth-order valence-electron chi connectivity index (χ4n) is 4.92. The Bertz CT molecular complexity index is 1220. The highest BCUT2D eigenvalue weighted by Crippen LogP contribution is 2.33. The Morgan fingerprint density at radius 2 is 1.74 bits per heavy atom. The van der Waals surface area contributed by atoms with Crippen molar-refractivity contribution < 1.29 is 9.53 Å². The van der Waals surface area contributed by atoms with E-state index >= 15 is 0 Å². The summed E-state index contributed by atoms with van der Waals surface area (Å²) >= 11 is 6.38. The Labute approximate surface area is 217 Å². The second-order valence-corrected chi connectivity index (χ2v) is 11.0. The molecule has 3 nitrogen and oxygen atoms in total. The highest BCUT2D eigenvalue weighted by Gasteiger charge is 2.25. The largest absolute Gasteiger partial charge is 0.374 e. The van der Waals surface area contributed by atoms with Gasteiger partial charge in [0.05, 0.1) is 17.6 Å². The van der Waals surface area contributed by atoms with Crippen LogP contribution in [0.3, 0.4) is 0 Å². The number of hydrogen-bond donors (Lipinski definition) is 1. The van der Waals surface area contributed by atoms with Crippen molar-refractivity contribution in [2.45, 2.75) is 44.8 Å². The van der Waals surface area contributed by atoms with Gasteiger partial charge in [0.25, 0.3) is 5.91 Å². The van der Waals surface area contributed by atoms with E-state index in [4.69, 9.17) is 17.0 Å². The van der Waals surface area contributed by atoms with Crippen molar-refractivity contribution in [3.63, 3.8) is 0 Å². The summed E-state index contributed by atoms with van der Waals surface area (Å²) < 4.78 is 6.90. The topological polar surface area (TPSA) is 38.3 Å². The van der Waals surface area contributed by atoms with E-state index in [1.807, 2.05) is 6.08 Å². The zero-order chi connectivity index (χ0) is 24.0. The van der Waals surface area contributed by atoms with E-state index in [0.717, 1.165) is 24.8 Å². The molecule has 2 atom stereocenters. The van der Waals surface area contributed by atoms with Crippen LogP contribution < -0.4 is 5.32 Å². The Hall–Kier alpha value is -2.73. The van der Waals surface area contributed by atoms with E-state index in [1.54, 1.807) is 0 Å². The van der Waals surface area contributed by atoms with E-state index in [2.05, 4.69) is 84.2 Å². The van der Waals surface area contributed by atoms with Crippen molar-refractivity contribution in [2.24, 2.45) is 5.92 Å². The Balaban J connectivity index is 1.10. The van der Waals surface area contributed by atoms with Gasteiger partial charge in [0.15, 0.2) is 0 Å². The predicted molar refractivity (Wildman–Crippen MR) is 149 cm³/mol. The molecular weight excluding hydrogens is 470 g/mol. The number of benzene rings is 3. The first-order valence-electron chi connectivity index (χ1n) is 12.2. The molecule has 2 aliphatic rings.